The Morgan fingerprint density at radius 1 is 1.33 bits per heavy atom. The fraction of sp³-hybridized carbons (Fsp3) is 0.278. The first-order valence-corrected chi connectivity index (χ1v) is 8.53. The molecule has 6 heteroatoms. The van der Waals surface area contributed by atoms with E-state index < -0.39 is 0 Å². The predicted molar refractivity (Wildman–Crippen MR) is 97.3 cm³/mol. The van der Waals surface area contributed by atoms with E-state index in [-0.39, 0.29) is 5.91 Å². The van der Waals surface area contributed by atoms with Gasteiger partial charge in [-0.3, -0.25) is 9.48 Å². The van der Waals surface area contributed by atoms with Gasteiger partial charge in [-0.2, -0.15) is 10.1 Å². The van der Waals surface area contributed by atoms with Gasteiger partial charge in [-0.1, -0.05) is 23.5 Å². The molecule has 0 aliphatic heterocycles. The lowest BCUT2D eigenvalue weighted by atomic mass is 10.1. The zero-order valence-corrected chi connectivity index (χ0v) is 15.1. The zero-order chi connectivity index (χ0) is 17.4. The Bertz CT molecular complexity index is 1000. The van der Waals surface area contributed by atoms with E-state index >= 15 is 0 Å². The van der Waals surface area contributed by atoms with Crippen LogP contribution in [0.15, 0.2) is 35.8 Å². The maximum atomic E-state index is 12.5. The molecule has 0 saturated heterocycles. The van der Waals surface area contributed by atoms with Crippen LogP contribution in [0.1, 0.15) is 27.3 Å². The first-order chi connectivity index (χ1) is 11.4. The lowest BCUT2D eigenvalue weighted by Crippen LogP contribution is -2.16. The largest absolute Gasteiger partial charge is 0.312 e. The van der Waals surface area contributed by atoms with Gasteiger partial charge in [0.1, 0.15) is 0 Å². The molecule has 1 aromatic carbocycles. The third-order valence-corrected chi connectivity index (χ3v) is 5.19. The number of rotatable bonds is 3. The normalized spacial score (nSPS) is 12.1. The lowest BCUT2D eigenvalue weighted by molar-refractivity contribution is 0.0992. The van der Waals surface area contributed by atoms with Crippen molar-refractivity contribution in [3.63, 3.8) is 0 Å². The number of aryl methyl sites for hydroxylation is 4. The van der Waals surface area contributed by atoms with Gasteiger partial charge in [0, 0.05) is 19.3 Å². The number of amides is 1. The van der Waals surface area contributed by atoms with Gasteiger partial charge in [0.25, 0.3) is 5.91 Å². The van der Waals surface area contributed by atoms with Crippen molar-refractivity contribution in [1.29, 1.82) is 0 Å². The van der Waals surface area contributed by atoms with Crippen molar-refractivity contribution in [2.24, 2.45) is 12.0 Å². The summed E-state index contributed by atoms with van der Waals surface area (Å²) in [4.78, 5) is 17.5. The number of hydrogen-bond donors (Lipinski definition) is 0. The third kappa shape index (κ3) is 2.85. The second-order valence-corrected chi connectivity index (χ2v) is 6.90. The van der Waals surface area contributed by atoms with Crippen LogP contribution in [0.5, 0.6) is 0 Å². The Balaban J connectivity index is 2.20. The van der Waals surface area contributed by atoms with Gasteiger partial charge in [0.05, 0.1) is 10.2 Å². The van der Waals surface area contributed by atoms with E-state index in [2.05, 4.69) is 42.7 Å². The molecule has 0 bridgehead atoms. The van der Waals surface area contributed by atoms with Crippen molar-refractivity contribution in [2.75, 3.05) is 0 Å². The minimum Gasteiger partial charge on any atom is -0.312 e. The first kappa shape index (κ1) is 16.4. The topological polar surface area (TPSA) is 52.2 Å². The summed E-state index contributed by atoms with van der Waals surface area (Å²) in [6.07, 6.45) is 1.82. The highest BCUT2D eigenvalue weighted by Gasteiger charge is 2.13. The van der Waals surface area contributed by atoms with Crippen LogP contribution < -0.4 is 4.80 Å². The zero-order valence-electron chi connectivity index (χ0n) is 14.3. The Morgan fingerprint density at radius 2 is 2.08 bits per heavy atom. The number of nitrogens with zero attached hydrogens (tertiary/aromatic N) is 4. The van der Waals surface area contributed by atoms with E-state index in [9.17, 15) is 4.79 Å². The summed E-state index contributed by atoms with van der Waals surface area (Å²) in [6.45, 7) is 10.5. The number of thiazole rings is 1. The molecule has 2 aromatic heterocycles. The van der Waals surface area contributed by atoms with Crippen molar-refractivity contribution in [2.45, 2.75) is 27.3 Å². The molecule has 0 aliphatic carbocycles. The minimum atomic E-state index is -0.322. The summed E-state index contributed by atoms with van der Waals surface area (Å²) in [7, 11) is 1.82. The molecule has 0 spiro atoms. The van der Waals surface area contributed by atoms with Crippen LogP contribution in [0, 0.1) is 20.8 Å². The molecule has 0 aliphatic rings. The third-order valence-electron chi connectivity index (χ3n) is 3.96. The van der Waals surface area contributed by atoms with Crippen LogP contribution in [-0.2, 0) is 13.6 Å². The molecule has 0 saturated carbocycles. The highest BCUT2D eigenvalue weighted by atomic mass is 32.1. The molecule has 1 amide bonds. The second-order valence-electron chi connectivity index (χ2n) is 5.93. The number of carbonyl (C=O) groups excluding carboxylic acids is 1. The van der Waals surface area contributed by atoms with E-state index in [4.69, 9.17) is 0 Å². The van der Waals surface area contributed by atoms with Crippen LogP contribution in [0.25, 0.3) is 10.2 Å². The van der Waals surface area contributed by atoms with E-state index in [0.717, 1.165) is 15.9 Å². The molecular formula is C18H20N4OS. The van der Waals surface area contributed by atoms with Crippen LogP contribution in [0.4, 0.5) is 0 Å². The maximum Gasteiger partial charge on any atom is 0.300 e. The van der Waals surface area contributed by atoms with Crippen LogP contribution >= 0.6 is 11.3 Å². The van der Waals surface area contributed by atoms with Gasteiger partial charge in [0.15, 0.2) is 10.5 Å². The number of aromatic nitrogens is 3. The van der Waals surface area contributed by atoms with Crippen molar-refractivity contribution in [1.82, 2.24) is 14.3 Å². The SMILES string of the molecule is C=CCn1c(=NC(=O)c2cc(C)n(C)n2)sc2c(C)cc(C)cc21. The molecule has 3 rings (SSSR count). The molecule has 24 heavy (non-hydrogen) atoms. The highest BCUT2D eigenvalue weighted by Crippen LogP contribution is 2.23. The number of fused-ring (bicyclic) bond motifs is 1. The van der Waals surface area contributed by atoms with Gasteiger partial charge < -0.3 is 4.57 Å². The fourth-order valence-electron chi connectivity index (χ4n) is 2.71. The van der Waals surface area contributed by atoms with Crippen molar-refractivity contribution in [3.8, 4) is 0 Å². The molecule has 124 valence electrons. The number of hydrogen-bond acceptors (Lipinski definition) is 3. The summed E-state index contributed by atoms with van der Waals surface area (Å²) in [5.41, 5.74) is 4.76. The highest BCUT2D eigenvalue weighted by molar-refractivity contribution is 7.16. The van der Waals surface area contributed by atoms with Gasteiger partial charge in [0.2, 0.25) is 0 Å². The summed E-state index contributed by atoms with van der Waals surface area (Å²) in [5, 5.41) is 4.22. The molecular weight excluding hydrogens is 320 g/mol. The van der Waals surface area contributed by atoms with Gasteiger partial charge >= 0.3 is 0 Å². The molecule has 0 radical (unpaired) electrons. The molecule has 0 unspecified atom stereocenters. The van der Waals surface area contributed by atoms with Crippen molar-refractivity contribution >= 4 is 27.5 Å². The van der Waals surface area contributed by atoms with E-state index in [1.165, 1.54) is 22.5 Å². The van der Waals surface area contributed by atoms with Gasteiger partial charge in [-0.25, -0.2) is 0 Å². The van der Waals surface area contributed by atoms with E-state index in [1.807, 2.05) is 24.6 Å². The molecule has 0 fully saturated rings. The number of carbonyl (C=O) groups is 1. The quantitative estimate of drug-likeness (QED) is 0.687. The van der Waals surface area contributed by atoms with Gasteiger partial charge in [-0.05, 0) is 44.0 Å². The fourth-order valence-corrected chi connectivity index (χ4v) is 3.80. The van der Waals surface area contributed by atoms with Gasteiger partial charge in [-0.15, -0.1) is 6.58 Å². The Hall–Kier alpha value is -2.47. The molecule has 2 heterocycles. The number of allylic oxidation sites excluding steroid dienone is 1. The minimum absolute atomic E-state index is 0.322. The summed E-state index contributed by atoms with van der Waals surface area (Å²) < 4.78 is 4.85. The lowest BCUT2D eigenvalue weighted by Gasteiger charge is -2.03. The molecule has 0 atom stereocenters. The van der Waals surface area contributed by atoms with Crippen LogP contribution in [0.2, 0.25) is 0 Å². The summed E-state index contributed by atoms with van der Waals surface area (Å²) in [6, 6.07) is 6.02. The Morgan fingerprint density at radius 3 is 2.71 bits per heavy atom. The molecule has 0 N–H and O–H groups in total. The average Bonchev–Trinajstić information content (AvgIpc) is 3.02. The molecule has 3 aromatic rings. The standard InChI is InChI=1S/C18H20N4OS/c1-6-7-22-15-9-11(2)8-12(3)16(15)24-18(22)19-17(23)14-10-13(4)21(5)20-14/h6,8-10H,1,7H2,2-5H3. The maximum absolute atomic E-state index is 12.5. The Labute approximate surface area is 144 Å². The average molecular weight is 340 g/mol. The number of benzene rings is 1. The summed E-state index contributed by atoms with van der Waals surface area (Å²) >= 11 is 1.53. The first-order valence-electron chi connectivity index (χ1n) is 7.72. The molecule has 5 nitrogen and oxygen atoms in total. The van der Waals surface area contributed by atoms with E-state index in [0.29, 0.717) is 17.0 Å². The monoisotopic (exact) mass is 340 g/mol. The Kier molecular flexibility index (Phi) is 4.24. The van der Waals surface area contributed by atoms with Crippen LogP contribution in [0.3, 0.4) is 0 Å². The smallest absolute Gasteiger partial charge is 0.300 e. The summed E-state index contributed by atoms with van der Waals surface area (Å²) in [5.74, 6) is -0.322. The predicted octanol–water partition coefficient (Wildman–Crippen LogP) is 3.29. The van der Waals surface area contributed by atoms with Crippen molar-refractivity contribution in [3.05, 3.63) is 58.2 Å². The van der Waals surface area contributed by atoms with Crippen LogP contribution in [-0.4, -0.2) is 20.3 Å². The second kappa shape index (κ2) is 6.20. The van der Waals surface area contributed by atoms with E-state index in [1.54, 1.807) is 10.7 Å². The van der Waals surface area contributed by atoms with Crippen molar-refractivity contribution < 1.29 is 4.79 Å².